The molecule has 0 spiro atoms. The van der Waals surface area contributed by atoms with Crippen molar-refractivity contribution in [2.24, 2.45) is 5.41 Å². The van der Waals surface area contributed by atoms with Crippen molar-refractivity contribution in [3.8, 4) is 11.8 Å². The molecule has 116 valence electrons. The summed E-state index contributed by atoms with van der Waals surface area (Å²) in [6.45, 7) is 2.88. The van der Waals surface area contributed by atoms with Gasteiger partial charge < -0.3 is 14.5 Å². The number of piperazine rings is 1. The van der Waals surface area contributed by atoms with Gasteiger partial charge in [0.2, 0.25) is 5.91 Å². The lowest BCUT2D eigenvalue weighted by Gasteiger charge is -2.42. The van der Waals surface area contributed by atoms with Gasteiger partial charge in [-0.15, -0.1) is 0 Å². The molecular weight excluding hydrogens is 278 g/mol. The molecule has 0 atom stereocenters. The number of carbonyl (C=O) groups is 1. The van der Waals surface area contributed by atoms with Crippen LogP contribution >= 0.6 is 0 Å². The molecule has 1 aromatic rings. The summed E-state index contributed by atoms with van der Waals surface area (Å²) in [6, 6.07) is 10.2. The van der Waals surface area contributed by atoms with Gasteiger partial charge in [0.15, 0.2) is 0 Å². The first kappa shape index (κ1) is 14.7. The van der Waals surface area contributed by atoms with E-state index in [1.54, 1.807) is 7.11 Å². The third-order valence-corrected chi connectivity index (χ3v) is 4.82. The monoisotopic (exact) mass is 299 g/mol. The molecule has 5 heteroatoms. The number of hydrogen-bond donors (Lipinski definition) is 0. The van der Waals surface area contributed by atoms with Crippen LogP contribution in [0, 0.1) is 16.7 Å². The molecule has 1 amide bonds. The minimum atomic E-state index is -0.730. The average Bonchev–Trinajstić information content (AvgIpc) is 2.54. The summed E-state index contributed by atoms with van der Waals surface area (Å²) < 4.78 is 5.41. The van der Waals surface area contributed by atoms with Crippen molar-refractivity contribution < 1.29 is 9.53 Å². The Labute approximate surface area is 131 Å². The Morgan fingerprint density at radius 3 is 2.45 bits per heavy atom. The Bertz CT molecular complexity index is 596. The third-order valence-electron chi connectivity index (χ3n) is 4.82. The van der Waals surface area contributed by atoms with Crippen LogP contribution in [0.2, 0.25) is 0 Å². The fourth-order valence-corrected chi connectivity index (χ4v) is 3.25. The third kappa shape index (κ3) is 2.39. The topological polar surface area (TPSA) is 56.6 Å². The molecular formula is C17H21N3O2. The number of carbonyl (C=O) groups excluding carboxylic acids is 1. The highest BCUT2D eigenvalue weighted by Gasteiger charge is 2.47. The first-order valence-corrected chi connectivity index (χ1v) is 7.79. The summed E-state index contributed by atoms with van der Waals surface area (Å²) in [5, 5.41) is 9.31. The van der Waals surface area contributed by atoms with Gasteiger partial charge in [-0.05, 0) is 31.4 Å². The van der Waals surface area contributed by atoms with Crippen LogP contribution in [0.15, 0.2) is 24.3 Å². The van der Waals surface area contributed by atoms with E-state index in [1.807, 2.05) is 29.2 Å². The van der Waals surface area contributed by atoms with Gasteiger partial charge in [0.05, 0.1) is 18.9 Å². The number of methoxy groups -OCH3 is 1. The lowest BCUT2D eigenvalue weighted by Crippen LogP contribution is -2.54. The van der Waals surface area contributed by atoms with E-state index < -0.39 is 5.41 Å². The molecule has 0 unspecified atom stereocenters. The van der Waals surface area contributed by atoms with E-state index in [-0.39, 0.29) is 5.91 Å². The van der Waals surface area contributed by atoms with Crippen LogP contribution in [0.1, 0.15) is 19.3 Å². The Hall–Kier alpha value is -2.22. The van der Waals surface area contributed by atoms with Crippen LogP contribution in [0.3, 0.4) is 0 Å². The van der Waals surface area contributed by atoms with Gasteiger partial charge in [-0.2, -0.15) is 5.26 Å². The molecule has 1 saturated heterocycles. The van der Waals surface area contributed by atoms with Gasteiger partial charge in [-0.25, -0.2) is 0 Å². The summed E-state index contributed by atoms with van der Waals surface area (Å²) in [6.07, 6.45) is 2.42. The number of nitrogens with zero attached hydrogens (tertiary/aromatic N) is 3. The normalized spacial score (nSPS) is 20.0. The zero-order chi connectivity index (χ0) is 15.6. The number of para-hydroxylation sites is 2. The molecule has 0 aromatic heterocycles. The molecule has 3 rings (SSSR count). The molecule has 2 aliphatic rings. The van der Waals surface area contributed by atoms with Gasteiger partial charge >= 0.3 is 0 Å². The fraction of sp³-hybridized carbons (Fsp3) is 0.529. The second-order valence-corrected chi connectivity index (χ2v) is 6.00. The highest BCUT2D eigenvalue weighted by molar-refractivity contribution is 5.86. The minimum absolute atomic E-state index is 0.0286. The smallest absolute Gasteiger partial charge is 0.243 e. The van der Waals surface area contributed by atoms with E-state index >= 15 is 0 Å². The van der Waals surface area contributed by atoms with E-state index in [0.29, 0.717) is 13.1 Å². The molecule has 1 saturated carbocycles. The van der Waals surface area contributed by atoms with E-state index in [9.17, 15) is 10.1 Å². The Balaban J connectivity index is 1.66. The molecule has 1 aliphatic heterocycles. The fourth-order valence-electron chi connectivity index (χ4n) is 3.25. The van der Waals surface area contributed by atoms with Crippen LogP contribution in [0.4, 0.5) is 5.69 Å². The maximum Gasteiger partial charge on any atom is 0.243 e. The molecule has 1 aromatic carbocycles. The lowest BCUT2D eigenvalue weighted by atomic mass is 9.69. The summed E-state index contributed by atoms with van der Waals surface area (Å²) in [4.78, 5) is 16.7. The molecule has 0 radical (unpaired) electrons. The SMILES string of the molecule is COc1ccccc1N1CCN(C(=O)C2(C#N)CCC2)CC1. The molecule has 0 N–H and O–H groups in total. The van der Waals surface area contributed by atoms with E-state index in [4.69, 9.17) is 4.74 Å². The molecule has 22 heavy (non-hydrogen) atoms. The first-order valence-electron chi connectivity index (χ1n) is 7.79. The maximum atomic E-state index is 12.6. The van der Waals surface area contributed by atoms with Gasteiger partial charge in [0.1, 0.15) is 11.2 Å². The quantitative estimate of drug-likeness (QED) is 0.857. The Kier molecular flexibility index (Phi) is 3.93. The number of nitriles is 1. The standard InChI is InChI=1S/C17H21N3O2/c1-22-15-6-3-2-5-14(15)19-9-11-20(12-10-19)16(21)17(13-18)7-4-8-17/h2-3,5-6H,4,7-12H2,1H3. The predicted octanol–water partition coefficient (Wildman–Crippen LogP) is 2.04. The lowest BCUT2D eigenvalue weighted by molar-refractivity contribution is -0.143. The first-order chi connectivity index (χ1) is 10.7. The van der Waals surface area contributed by atoms with Crippen molar-refractivity contribution >= 4 is 11.6 Å². The summed E-state index contributed by atoms with van der Waals surface area (Å²) in [5.41, 5.74) is 0.336. The van der Waals surface area contributed by atoms with Crippen LogP contribution < -0.4 is 9.64 Å². The second-order valence-electron chi connectivity index (χ2n) is 6.00. The predicted molar refractivity (Wildman–Crippen MR) is 83.7 cm³/mol. The van der Waals surface area contributed by atoms with Crippen LogP contribution in [0.5, 0.6) is 5.75 Å². The van der Waals surface area contributed by atoms with Gasteiger partial charge in [-0.3, -0.25) is 4.79 Å². The molecule has 5 nitrogen and oxygen atoms in total. The zero-order valence-electron chi connectivity index (χ0n) is 12.9. The van der Waals surface area contributed by atoms with E-state index in [2.05, 4.69) is 11.0 Å². The second kappa shape index (κ2) is 5.88. The summed E-state index contributed by atoms with van der Waals surface area (Å²) in [5.74, 6) is 0.885. The highest BCUT2D eigenvalue weighted by Crippen LogP contribution is 2.42. The molecule has 2 fully saturated rings. The van der Waals surface area contributed by atoms with Gasteiger partial charge in [0.25, 0.3) is 0 Å². The number of hydrogen-bond acceptors (Lipinski definition) is 4. The molecule has 0 bridgehead atoms. The van der Waals surface area contributed by atoms with Crippen molar-refractivity contribution in [2.45, 2.75) is 19.3 Å². The van der Waals surface area contributed by atoms with Crippen LogP contribution in [-0.2, 0) is 4.79 Å². The van der Waals surface area contributed by atoms with E-state index in [1.165, 1.54) is 0 Å². The van der Waals surface area contributed by atoms with Crippen molar-refractivity contribution in [1.82, 2.24) is 4.90 Å². The van der Waals surface area contributed by atoms with Crippen molar-refractivity contribution in [3.05, 3.63) is 24.3 Å². The Morgan fingerprint density at radius 1 is 1.23 bits per heavy atom. The van der Waals surface area contributed by atoms with E-state index in [0.717, 1.165) is 43.8 Å². The van der Waals surface area contributed by atoms with Crippen LogP contribution in [-0.4, -0.2) is 44.1 Å². The maximum absolute atomic E-state index is 12.6. The van der Waals surface area contributed by atoms with Crippen molar-refractivity contribution in [2.75, 3.05) is 38.2 Å². The van der Waals surface area contributed by atoms with Gasteiger partial charge in [-0.1, -0.05) is 12.1 Å². The highest BCUT2D eigenvalue weighted by atomic mass is 16.5. The molecule has 1 aliphatic carbocycles. The zero-order valence-corrected chi connectivity index (χ0v) is 12.9. The van der Waals surface area contributed by atoms with Crippen molar-refractivity contribution in [1.29, 1.82) is 5.26 Å². The summed E-state index contributed by atoms with van der Waals surface area (Å²) in [7, 11) is 1.67. The average molecular weight is 299 g/mol. The van der Waals surface area contributed by atoms with Crippen molar-refractivity contribution in [3.63, 3.8) is 0 Å². The largest absolute Gasteiger partial charge is 0.495 e. The van der Waals surface area contributed by atoms with Crippen LogP contribution in [0.25, 0.3) is 0 Å². The number of rotatable bonds is 3. The number of amides is 1. The number of benzene rings is 1. The number of anilines is 1. The van der Waals surface area contributed by atoms with Gasteiger partial charge in [0, 0.05) is 26.2 Å². The Morgan fingerprint density at radius 2 is 1.91 bits per heavy atom. The molecule has 1 heterocycles. The minimum Gasteiger partial charge on any atom is -0.495 e. The summed E-state index contributed by atoms with van der Waals surface area (Å²) >= 11 is 0. The number of ether oxygens (including phenoxy) is 1.